The summed E-state index contributed by atoms with van der Waals surface area (Å²) in [4.78, 5) is 13.8. The molecule has 5 nitrogen and oxygen atoms in total. The zero-order chi connectivity index (χ0) is 15.4. The molecule has 0 aliphatic carbocycles. The molecular formula is C14H18BrNO4S. The Bertz CT molecular complexity index is 501. The third-order valence-corrected chi connectivity index (χ3v) is 4.88. The van der Waals surface area contributed by atoms with Crippen LogP contribution in [-0.4, -0.2) is 49.8 Å². The van der Waals surface area contributed by atoms with Gasteiger partial charge in [0.1, 0.15) is 5.37 Å². The molecule has 1 atom stereocenters. The SMILES string of the molecule is COc1cc(C2SCC(=O)N2CCBr)cc(OC)c1OC. The Morgan fingerprint density at radius 2 is 1.86 bits per heavy atom. The standard InChI is InChI=1S/C14H18BrNO4S/c1-18-10-6-9(7-11(19-2)13(10)20-3)14-16(5-4-15)12(17)8-21-14/h6-7,14H,4-5,8H2,1-3H3. The van der Waals surface area contributed by atoms with Crippen LogP contribution in [-0.2, 0) is 4.79 Å². The number of nitrogens with zero attached hydrogens (tertiary/aromatic N) is 1. The highest BCUT2D eigenvalue weighted by Gasteiger charge is 2.33. The van der Waals surface area contributed by atoms with Crippen LogP contribution >= 0.6 is 27.7 Å². The molecule has 1 saturated heterocycles. The minimum atomic E-state index is -0.0243. The molecule has 7 heteroatoms. The molecule has 1 aromatic rings. The first-order valence-electron chi connectivity index (χ1n) is 6.43. The highest BCUT2D eigenvalue weighted by molar-refractivity contribution is 9.09. The van der Waals surface area contributed by atoms with E-state index in [2.05, 4.69) is 15.9 Å². The number of thioether (sulfide) groups is 1. The van der Waals surface area contributed by atoms with Crippen molar-refractivity contribution in [1.29, 1.82) is 0 Å². The molecule has 1 aliphatic heterocycles. The van der Waals surface area contributed by atoms with Crippen molar-refractivity contribution in [1.82, 2.24) is 4.90 Å². The van der Waals surface area contributed by atoms with E-state index in [4.69, 9.17) is 14.2 Å². The zero-order valence-corrected chi connectivity index (χ0v) is 14.6. The van der Waals surface area contributed by atoms with Gasteiger partial charge in [0, 0.05) is 11.9 Å². The van der Waals surface area contributed by atoms with Crippen LogP contribution in [0.3, 0.4) is 0 Å². The summed E-state index contributed by atoms with van der Waals surface area (Å²) in [5.41, 5.74) is 0.973. The molecule has 0 N–H and O–H groups in total. The van der Waals surface area contributed by atoms with Gasteiger partial charge in [-0.05, 0) is 17.7 Å². The topological polar surface area (TPSA) is 48.0 Å². The summed E-state index contributed by atoms with van der Waals surface area (Å²) < 4.78 is 16.1. The smallest absolute Gasteiger partial charge is 0.233 e. The van der Waals surface area contributed by atoms with Gasteiger partial charge in [0.2, 0.25) is 11.7 Å². The molecule has 1 amide bonds. The van der Waals surface area contributed by atoms with Crippen molar-refractivity contribution in [2.45, 2.75) is 5.37 Å². The number of ether oxygens (including phenoxy) is 3. The van der Waals surface area contributed by atoms with Crippen LogP contribution in [0.15, 0.2) is 12.1 Å². The van der Waals surface area contributed by atoms with Gasteiger partial charge in [0.25, 0.3) is 0 Å². The van der Waals surface area contributed by atoms with E-state index in [0.29, 0.717) is 29.5 Å². The van der Waals surface area contributed by atoms with Crippen molar-refractivity contribution in [3.05, 3.63) is 17.7 Å². The molecule has 1 unspecified atom stereocenters. The van der Waals surface area contributed by atoms with Gasteiger partial charge in [-0.25, -0.2) is 0 Å². The third kappa shape index (κ3) is 3.23. The van der Waals surface area contributed by atoms with E-state index in [-0.39, 0.29) is 11.3 Å². The van der Waals surface area contributed by atoms with Crippen molar-refractivity contribution < 1.29 is 19.0 Å². The number of halogens is 1. The molecule has 0 radical (unpaired) electrons. The number of alkyl halides is 1. The lowest BCUT2D eigenvalue weighted by Gasteiger charge is -2.24. The van der Waals surface area contributed by atoms with Gasteiger partial charge in [-0.2, -0.15) is 0 Å². The average molecular weight is 376 g/mol. The maximum Gasteiger partial charge on any atom is 0.233 e. The molecule has 1 aliphatic rings. The Kier molecular flexibility index (Phi) is 5.64. The molecule has 0 bridgehead atoms. The summed E-state index contributed by atoms with van der Waals surface area (Å²) in [6.07, 6.45) is 0. The van der Waals surface area contributed by atoms with Crippen molar-refractivity contribution in [3.63, 3.8) is 0 Å². The summed E-state index contributed by atoms with van der Waals surface area (Å²) in [6.45, 7) is 0.674. The van der Waals surface area contributed by atoms with Crippen molar-refractivity contribution in [2.24, 2.45) is 0 Å². The van der Waals surface area contributed by atoms with Gasteiger partial charge >= 0.3 is 0 Å². The predicted octanol–water partition coefficient (Wildman–Crippen LogP) is 2.68. The van der Waals surface area contributed by atoms with E-state index < -0.39 is 0 Å². The van der Waals surface area contributed by atoms with E-state index in [1.54, 1.807) is 33.1 Å². The average Bonchev–Trinajstić information content (AvgIpc) is 2.87. The molecule has 116 valence electrons. The molecular weight excluding hydrogens is 358 g/mol. The number of carbonyl (C=O) groups excluding carboxylic acids is 1. The van der Waals surface area contributed by atoms with Crippen LogP contribution in [0, 0.1) is 0 Å². The fourth-order valence-corrected chi connectivity index (χ4v) is 3.89. The summed E-state index contributed by atoms with van der Waals surface area (Å²) in [5, 5.41) is 0.726. The van der Waals surface area contributed by atoms with E-state index in [1.807, 2.05) is 17.0 Å². The number of carbonyl (C=O) groups is 1. The van der Waals surface area contributed by atoms with Gasteiger partial charge in [-0.15, -0.1) is 11.8 Å². The van der Waals surface area contributed by atoms with E-state index >= 15 is 0 Å². The summed E-state index contributed by atoms with van der Waals surface area (Å²) in [6, 6.07) is 3.80. The Morgan fingerprint density at radius 1 is 1.24 bits per heavy atom. The number of amides is 1. The predicted molar refractivity (Wildman–Crippen MR) is 86.8 cm³/mol. The second-order valence-corrected chi connectivity index (χ2v) is 6.26. The maximum atomic E-state index is 12.0. The van der Waals surface area contributed by atoms with Gasteiger partial charge in [-0.1, -0.05) is 15.9 Å². The summed E-state index contributed by atoms with van der Waals surface area (Å²) in [5.74, 6) is 2.41. The van der Waals surface area contributed by atoms with Crippen molar-refractivity contribution in [3.8, 4) is 17.2 Å². The Balaban J connectivity index is 2.41. The molecule has 0 aromatic heterocycles. The molecule has 1 heterocycles. The maximum absolute atomic E-state index is 12.0. The molecule has 2 rings (SSSR count). The minimum Gasteiger partial charge on any atom is -0.493 e. The third-order valence-electron chi connectivity index (χ3n) is 3.27. The lowest BCUT2D eigenvalue weighted by atomic mass is 10.1. The first-order valence-corrected chi connectivity index (χ1v) is 8.60. The number of benzene rings is 1. The second kappa shape index (κ2) is 7.26. The first-order chi connectivity index (χ1) is 10.2. The number of hydrogen-bond acceptors (Lipinski definition) is 5. The van der Waals surface area contributed by atoms with Crippen LogP contribution in [0.1, 0.15) is 10.9 Å². The molecule has 1 aromatic carbocycles. The number of hydrogen-bond donors (Lipinski definition) is 0. The fourth-order valence-electron chi connectivity index (χ4n) is 2.31. The van der Waals surface area contributed by atoms with Crippen LogP contribution in [0.4, 0.5) is 0 Å². The van der Waals surface area contributed by atoms with E-state index in [9.17, 15) is 4.79 Å². The molecule has 0 saturated carbocycles. The van der Waals surface area contributed by atoms with Gasteiger partial charge in [0.05, 0.1) is 27.1 Å². The quantitative estimate of drug-likeness (QED) is 0.715. The highest BCUT2D eigenvalue weighted by atomic mass is 79.9. The van der Waals surface area contributed by atoms with Crippen LogP contribution in [0.5, 0.6) is 17.2 Å². The van der Waals surface area contributed by atoms with Crippen LogP contribution in [0.25, 0.3) is 0 Å². The number of methoxy groups -OCH3 is 3. The lowest BCUT2D eigenvalue weighted by molar-refractivity contribution is -0.127. The monoisotopic (exact) mass is 375 g/mol. The number of rotatable bonds is 6. The second-order valence-electron chi connectivity index (χ2n) is 4.40. The van der Waals surface area contributed by atoms with Crippen molar-refractivity contribution >= 4 is 33.6 Å². The molecule has 0 spiro atoms. The van der Waals surface area contributed by atoms with Crippen LogP contribution in [0.2, 0.25) is 0 Å². The summed E-state index contributed by atoms with van der Waals surface area (Å²) in [7, 11) is 4.75. The van der Waals surface area contributed by atoms with Gasteiger partial charge in [-0.3, -0.25) is 4.79 Å². The lowest BCUT2D eigenvalue weighted by Crippen LogP contribution is -2.29. The van der Waals surface area contributed by atoms with E-state index in [0.717, 1.165) is 10.9 Å². The highest BCUT2D eigenvalue weighted by Crippen LogP contribution is 2.45. The Labute approximate surface area is 137 Å². The van der Waals surface area contributed by atoms with Gasteiger partial charge < -0.3 is 19.1 Å². The fraction of sp³-hybridized carbons (Fsp3) is 0.500. The first kappa shape index (κ1) is 16.3. The largest absolute Gasteiger partial charge is 0.493 e. The minimum absolute atomic E-state index is 0.0243. The molecule has 1 fully saturated rings. The van der Waals surface area contributed by atoms with Gasteiger partial charge in [0.15, 0.2) is 11.5 Å². The van der Waals surface area contributed by atoms with Crippen LogP contribution < -0.4 is 14.2 Å². The Morgan fingerprint density at radius 3 is 2.33 bits per heavy atom. The normalized spacial score (nSPS) is 18.0. The van der Waals surface area contributed by atoms with Crippen molar-refractivity contribution in [2.75, 3.05) is 39.0 Å². The molecule has 21 heavy (non-hydrogen) atoms. The summed E-state index contributed by atoms with van der Waals surface area (Å²) >= 11 is 5.00. The Hall–Kier alpha value is -1.08. The van der Waals surface area contributed by atoms with E-state index in [1.165, 1.54) is 0 Å². The zero-order valence-electron chi connectivity index (χ0n) is 12.2.